The molecule has 290 valence electrons. The summed E-state index contributed by atoms with van der Waals surface area (Å²) in [5.74, 6) is -2.72. The number of aliphatic hydroxyl groups is 2. The average molecular weight is 745 g/mol. The molecule has 2 fully saturated rings. The summed E-state index contributed by atoms with van der Waals surface area (Å²) < 4.78 is 32.7. The molecule has 12 nitrogen and oxygen atoms in total. The summed E-state index contributed by atoms with van der Waals surface area (Å²) in [5, 5.41) is 28.2. The number of esters is 1. The topological polar surface area (TPSA) is 177 Å². The van der Waals surface area contributed by atoms with Gasteiger partial charge in [0.1, 0.15) is 12.1 Å². The van der Waals surface area contributed by atoms with Crippen LogP contribution in [0.5, 0.6) is 0 Å². The van der Waals surface area contributed by atoms with Crippen molar-refractivity contribution in [2.45, 2.75) is 142 Å². The molecule has 0 unspecified atom stereocenters. The third-order valence-electron chi connectivity index (χ3n) is 10.2. The van der Waals surface area contributed by atoms with Crippen LogP contribution < -0.4 is 10.6 Å². The van der Waals surface area contributed by atoms with Crippen molar-refractivity contribution in [3.8, 4) is 0 Å². The van der Waals surface area contributed by atoms with E-state index in [0.29, 0.717) is 12.1 Å². The Labute approximate surface area is 309 Å². The molecule has 0 radical (unpaired) electrons. The van der Waals surface area contributed by atoms with E-state index < -0.39 is 73.7 Å². The summed E-state index contributed by atoms with van der Waals surface area (Å²) in [6.07, 6.45) is 8.36. The highest BCUT2D eigenvalue weighted by atomic mass is 32.2. The standard InChI is InChI=1S/C39H60N4O8S/c1-38(2,3)37(48)51-25-43-22-30(40-24-43)21-32(36(47)41-31(20-27-15-11-8-12-16-27)34(45)33(44)28-17-18-28)42-35(46)29(19-26-13-9-7-10-14-26)23-52(49,50)39(4,5)6/h7,9-10,13-14,22,24,27-29,31-34,44-45H,8,11-12,15-21,23,25H2,1-6H3,(H,41,47)(H,42,46)/t29-,31+,32+,33+,34-/m1/s1. The number of aromatic nitrogens is 2. The molecule has 2 aliphatic rings. The summed E-state index contributed by atoms with van der Waals surface area (Å²) >= 11 is 0. The van der Waals surface area contributed by atoms with Gasteiger partial charge in [0.15, 0.2) is 16.6 Å². The summed E-state index contributed by atoms with van der Waals surface area (Å²) in [4.78, 5) is 45.2. The van der Waals surface area contributed by atoms with Crippen molar-refractivity contribution >= 4 is 27.6 Å². The van der Waals surface area contributed by atoms with E-state index in [0.717, 1.165) is 50.5 Å². The number of sulfone groups is 1. The van der Waals surface area contributed by atoms with Gasteiger partial charge in [0.25, 0.3) is 0 Å². The van der Waals surface area contributed by atoms with Crippen LogP contribution >= 0.6 is 0 Å². The van der Waals surface area contributed by atoms with E-state index in [1.165, 1.54) is 6.33 Å². The molecule has 52 heavy (non-hydrogen) atoms. The SMILES string of the molecule is CC(C)(C)C(=O)OCn1cnc(C[C@H](NC(=O)[C@H](Cc2ccccc2)CS(=O)(=O)C(C)(C)C)C(=O)N[C@@H](CC2CCCCC2)[C@@H](O)[C@@H](O)C2CC2)c1. The number of imidazole rings is 1. The normalized spacial score (nSPS) is 18.8. The number of ether oxygens (including phenoxy) is 1. The molecule has 0 saturated heterocycles. The Morgan fingerprint density at radius 3 is 2.17 bits per heavy atom. The zero-order valence-electron chi connectivity index (χ0n) is 31.7. The lowest BCUT2D eigenvalue weighted by Gasteiger charge is -2.33. The van der Waals surface area contributed by atoms with Crippen molar-refractivity contribution in [1.82, 2.24) is 20.2 Å². The second-order valence-corrected chi connectivity index (χ2v) is 19.7. The van der Waals surface area contributed by atoms with Gasteiger partial charge in [0, 0.05) is 12.6 Å². The molecule has 4 N–H and O–H groups in total. The van der Waals surface area contributed by atoms with Gasteiger partial charge in [0.2, 0.25) is 11.8 Å². The number of benzene rings is 1. The molecular weight excluding hydrogens is 685 g/mol. The van der Waals surface area contributed by atoms with Crippen LogP contribution in [-0.2, 0) is 48.5 Å². The number of nitrogens with one attached hydrogen (secondary N) is 2. The van der Waals surface area contributed by atoms with Gasteiger partial charge in [-0.3, -0.25) is 14.4 Å². The zero-order valence-corrected chi connectivity index (χ0v) is 32.5. The predicted molar refractivity (Wildman–Crippen MR) is 198 cm³/mol. The van der Waals surface area contributed by atoms with E-state index >= 15 is 0 Å². The second kappa shape index (κ2) is 17.7. The molecule has 4 rings (SSSR count). The van der Waals surface area contributed by atoms with Crippen molar-refractivity contribution in [1.29, 1.82) is 0 Å². The number of nitrogens with zero attached hydrogens (tertiary/aromatic N) is 2. The quantitative estimate of drug-likeness (QED) is 0.174. The van der Waals surface area contributed by atoms with Crippen molar-refractivity contribution in [3.05, 3.63) is 54.1 Å². The number of hydrogen-bond acceptors (Lipinski definition) is 9. The van der Waals surface area contributed by atoms with Crippen LogP contribution in [0.25, 0.3) is 0 Å². The predicted octanol–water partition coefficient (Wildman–Crippen LogP) is 4.12. The van der Waals surface area contributed by atoms with Crippen LogP contribution in [-0.4, -0.2) is 80.8 Å². The Bertz CT molecular complexity index is 1590. The molecule has 0 bridgehead atoms. The van der Waals surface area contributed by atoms with Gasteiger partial charge in [-0.25, -0.2) is 13.4 Å². The van der Waals surface area contributed by atoms with Crippen LogP contribution in [0.15, 0.2) is 42.9 Å². The van der Waals surface area contributed by atoms with Gasteiger partial charge in [-0.05, 0) is 84.6 Å². The smallest absolute Gasteiger partial charge is 0.312 e. The van der Waals surface area contributed by atoms with Crippen molar-refractivity contribution in [2.75, 3.05) is 5.75 Å². The molecule has 13 heteroatoms. The van der Waals surface area contributed by atoms with E-state index in [2.05, 4.69) is 15.6 Å². The largest absolute Gasteiger partial charge is 0.443 e. The first kappa shape index (κ1) is 41.5. The first-order valence-electron chi connectivity index (χ1n) is 18.7. The minimum absolute atomic E-state index is 0.0175. The van der Waals surface area contributed by atoms with E-state index in [1.54, 1.807) is 52.3 Å². The van der Waals surface area contributed by atoms with Gasteiger partial charge in [-0.15, -0.1) is 0 Å². The van der Waals surface area contributed by atoms with Gasteiger partial charge in [0.05, 0.1) is 46.0 Å². The second-order valence-electron chi connectivity index (χ2n) is 16.9. The molecule has 1 aromatic heterocycles. The molecule has 2 saturated carbocycles. The van der Waals surface area contributed by atoms with Crippen LogP contribution in [0, 0.1) is 23.2 Å². The van der Waals surface area contributed by atoms with Crippen LogP contribution in [0.1, 0.15) is 104 Å². The summed E-state index contributed by atoms with van der Waals surface area (Å²) in [7, 11) is -3.74. The first-order chi connectivity index (χ1) is 24.3. The molecule has 2 amide bonds. The van der Waals surface area contributed by atoms with Gasteiger partial charge in [-0.2, -0.15) is 0 Å². The minimum atomic E-state index is -3.74. The Balaban J connectivity index is 1.61. The minimum Gasteiger partial charge on any atom is -0.443 e. The van der Waals surface area contributed by atoms with E-state index in [4.69, 9.17) is 4.74 Å². The van der Waals surface area contributed by atoms with Gasteiger partial charge < -0.3 is 30.2 Å². The molecule has 2 aliphatic carbocycles. The maximum atomic E-state index is 14.3. The molecule has 5 atom stereocenters. The molecule has 1 aromatic carbocycles. The Morgan fingerprint density at radius 1 is 0.923 bits per heavy atom. The highest BCUT2D eigenvalue weighted by molar-refractivity contribution is 7.92. The number of aliphatic hydroxyl groups excluding tert-OH is 2. The number of hydrogen-bond donors (Lipinski definition) is 4. The third-order valence-corrected chi connectivity index (χ3v) is 13.0. The van der Waals surface area contributed by atoms with Crippen LogP contribution in [0.4, 0.5) is 0 Å². The molecule has 1 heterocycles. The zero-order chi connectivity index (χ0) is 38.3. The fourth-order valence-corrected chi connectivity index (χ4v) is 7.88. The Hall–Kier alpha value is -3.29. The summed E-state index contributed by atoms with van der Waals surface area (Å²) in [6, 6.07) is 7.20. The van der Waals surface area contributed by atoms with Gasteiger partial charge >= 0.3 is 5.97 Å². The fourth-order valence-electron chi connectivity index (χ4n) is 6.58. The molecule has 0 spiro atoms. The van der Waals surface area contributed by atoms with Gasteiger partial charge in [-0.1, -0.05) is 62.4 Å². The number of amides is 2. The van der Waals surface area contributed by atoms with Crippen LogP contribution in [0.3, 0.4) is 0 Å². The Morgan fingerprint density at radius 2 is 1.58 bits per heavy atom. The molecule has 2 aromatic rings. The summed E-state index contributed by atoms with van der Waals surface area (Å²) in [6.45, 7) is 9.95. The number of rotatable bonds is 17. The fraction of sp³-hybridized carbons (Fsp3) is 0.692. The lowest BCUT2D eigenvalue weighted by atomic mass is 9.82. The van der Waals surface area contributed by atoms with Crippen molar-refractivity contribution < 1.29 is 37.8 Å². The monoisotopic (exact) mass is 744 g/mol. The maximum absolute atomic E-state index is 14.3. The molecular formula is C39H60N4O8S. The van der Waals surface area contributed by atoms with Crippen molar-refractivity contribution in [3.63, 3.8) is 0 Å². The van der Waals surface area contributed by atoms with E-state index in [9.17, 15) is 33.0 Å². The van der Waals surface area contributed by atoms with E-state index in [-0.39, 0.29) is 31.4 Å². The first-order valence-corrected chi connectivity index (χ1v) is 20.4. The number of carbonyl (C=O) groups is 3. The average Bonchev–Trinajstić information content (AvgIpc) is 3.84. The highest BCUT2D eigenvalue weighted by Crippen LogP contribution is 2.36. The lowest BCUT2D eigenvalue weighted by Crippen LogP contribution is -2.57. The van der Waals surface area contributed by atoms with Crippen molar-refractivity contribution in [2.24, 2.45) is 23.2 Å². The Kier molecular flexibility index (Phi) is 14.1. The third kappa shape index (κ3) is 12.1. The maximum Gasteiger partial charge on any atom is 0.312 e. The van der Waals surface area contributed by atoms with E-state index in [1.807, 2.05) is 30.3 Å². The number of carbonyl (C=O) groups excluding carboxylic acids is 3. The molecule has 0 aliphatic heterocycles. The lowest BCUT2D eigenvalue weighted by molar-refractivity contribution is -0.157. The highest BCUT2D eigenvalue weighted by Gasteiger charge is 2.41. The van der Waals surface area contributed by atoms with Crippen LogP contribution in [0.2, 0.25) is 0 Å². The summed E-state index contributed by atoms with van der Waals surface area (Å²) in [5.41, 5.74) is 0.511.